The number of hydrogen-bond acceptors (Lipinski definition) is 12. The van der Waals surface area contributed by atoms with Crippen molar-refractivity contribution in [1.29, 1.82) is 0 Å². The van der Waals surface area contributed by atoms with Gasteiger partial charge in [0, 0.05) is 22.7 Å². The van der Waals surface area contributed by atoms with Crippen LogP contribution in [0, 0.1) is 0 Å². The van der Waals surface area contributed by atoms with Gasteiger partial charge in [-0.1, -0.05) is 159 Å². The summed E-state index contributed by atoms with van der Waals surface area (Å²) in [5.74, 6) is -9.19. The van der Waals surface area contributed by atoms with Gasteiger partial charge in [0.05, 0.1) is 16.1 Å². The second kappa shape index (κ2) is 17.7. The summed E-state index contributed by atoms with van der Waals surface area (Å²) in [4.78, 5) is 3.05. The van der Waals surface area contributed by atoms with Crippen LogP contribution in [0.1, 0.15) is 0 Å². The Labute approximate surface area is 439 Å². The van der Waals surface area contributed by atoms with Crippen LogP contribution in [0.4, 0.5) is 34.1 Å². The fraction of sp³-hybridized carbons (Fsp3) is 0.0968. The van der Waals surface area contributed by atoms with Gasteiger partial charge in [-0.25, -0.2) is 0 Å². The molecule has 11 aromatic rings. The van der Waals surface area contributed by atoms with E-state index in [0.29, 0.717) is 22.7 Å². The van der Waals surface area contributed by atoms with E-state index >= 15 is 0 Å². The van der Waals surface area contributed by atoms with Crippen LogP contribution < -0.4 is 20.2 Å². The molecule has 0 saturated carbocycles. The van der Waals surface area contributed by atoms with Crippen molar-refractivity contribution >= 4 is 104 Å². The van der Waals surface area contributed by atoms with Gasteiger partial charge in [0.1, 0.15) is 11.4 Å². The minimum atomic E-state index is -1.71. The molecule has 0 aliphatic carbocycles. The zero-order valence-corrected chi connectivity index (χ0v) is 44.4. The van der Waals surface area contributed by atoms with E-state index in [9.17, 15) is 51.1 Å². The molecule has 76 heavy (non-hydrogen) atoms. The summed E-state index contributed by atoms with van der Waals surface area (Å²) in [6.07, 6.45) is 0. The Bertz CT molecular complexity index is 3770. The Kier molecular flexibility index (Phi) is 11.4. The summed E-state index contributed by atoms with van der Waals surface area (Å²) >= 11 is 0. The average molecular weight is 1040 g/mol. The number of anilines is 6. The molecule has 0 bridgehead atoms. The van der Waals surface area contributed by atoms with Crippen molar-refractivity contribution in [2.45, 2.75) is 39.3 Å². The summed E-state index contributed by atoms with van der Waals surface area (Å²) in [5, 5.41) is 119. The van der Waals surface area contributed by atoms with Crippen molar-refractivity contribution in [3.05, 3.63) is 158 Å². The first-order valence-electron chi connectivity index (χ1n) is 24.7. The van der Waals surface area contributed by atoms with Crippen molar-refractivity contribution < 1.29 is 51.1 Å². The molecule has 11 aromatic carbocycles. The Morgan fingerprint density at radius 2 is 0.513 bits per heavy atom. The third-order valence-electron chi connectivity index (χ3n) is 14.7. The molecule has 12 nitrogen and oxygen atoms in total. The molecule has 0 fully saturated rings. The highest BCUT2D eigenvalue weighted by molar-refractivity contribution is 6.89. The smallest absolute Gasteiger partial charge is 0.208 e. The van der Waals surface area contributed by atoms with Gasteiger partial charge in [0.2, 0.25) is 34.5 Å². The zero-order chi connectivity index (χ0) is 53.9. The summed E-state index contributed by atoms with van der Waals surface area (Å²) in [6, 6.07) is 51.6. The number of aromatic hydroxyl groups is 10. The summed E-state index contributed by atoms with van der Waals surface area (Å²) in [7, 11) is -3.43. The van der Waals surface area contributed by atoms with Crippen molar-refractivity contribution in [3.8, 4) is 79.7 Å². The van der Waals surface area contributed by atoms with E-state index < -0.39 is 73.6 Å². The quantitative estimate of drug-likeness (QED) is 0.0204. The molecular formula is C62H54N2O10Si2. The van der Waals surface area contributed by atoms with Crippen molar-refractivity contribution in [2.24, 2.45) is 0 Å². The van der Waals surface area contributed by atoms with Gasteiger partial charge >= 0.3 is 0 Å². The van der Waals surface area contributed by atoms with Crippen LogP contribution >= 0.6 is 0 Å². The van der Waals surface area contributed by atoms with Crippen LogP contribution in [0.25, 0.3) is 65.3 Å². The molecule has 0 atom stereocenters. The van der Waals surface area contributed by atoms with Crippen LogP contribution in [0.5, 0.6) is 57.5 Å². The first kappa shape index (κ1) is 49.0. The van der Waals surface area contributed by atoms with Crippen LogP contribution in [-0.2, 0) is 0 Å². The lowest BCUT2D eigenvalue weighted by Crippen LogP contribution is -2.37. The Balaban J connectivity index is 0.998. The Hall–Kier alpha value is -9.25. The predicted octanol–water partition coefficient (Wildman–Crippen LogP) is 14.2. The minimum Gasteiger partial charge on any atom is -0.503 e. The van der Waals surface area contributed by atoms with Gasteiger partial charge in [0.15, 0.2) is 23.0 Å². The van der Waals surface area contributed by atoms with Crippen molar-refractivity contribution in [1.82, 2.24) is 0 Å². The van der Waals surface area contributed by atoms with E-state index in [1.165, 1.54) is 20.2 Å². The van der Waals surface area contributed by atoms with Crippen molar-refractivity contribution in [3.63, 3.8) is 0 Å². The van der Waals surface area contributed by atoms with Gasteiger partial charge in [0.25, 0.3) is 0 Å². The molecule has 0 spiro atoms. The number of benzene rings is 11. The van der Waals surface area contributed by atoms with E-state index in [1.807, 2.05) is 97.1 Å². The fourth-order valence-electron chi connectivity index (χ4n) is 10.6. The third-order valence-corrected chi connectivity index (χ3v) is 18.8. The highest BCUT2D eigenvalue weighted by atomic mass is 28.3. The molecule has 0 amide bonds. The van der Waals surface area contributed by atoms with Crippen LogP contribution in [-0.4, -0.2) is 67.2 Å². The first-order valence-corrected chi connectivity index (χ1v) is 31.7. The van der Waals surface area contributed by atoms with Crippen LogP contribution in [0.2, 0.25) is 39.3 Å². The van der Waals surface area contributed by atoms with Gasteiger partial charge in [-0.3, -0.25) is 0 Å². The molecule has 0 saturated heterocycles. The molecule has 14 heteroatoms. The van der Waals surface area contributed by atoms with Crippen LogP contribution in [0.3, 0.4) is 0 Å². The molecule has 10 N–H and O–H groups in total. The standard InChI is InChI=1S/C62H54N2O10Si2/c1-75(2,3)39-25-21-37(22-26-39)63(51-53(65)57(69)61(73)58(70)54(51)66)35-17-13-33(14-18-35)41-29-31-47-46-12-8-10-44-42(30-32-48(50(44)46)45-11-7-9-43(41)49(45)47)34-15-19-36(20-16-34)64(38-23-27-40(28-24-38)76(4,5)6)52-55(67)59(71)62(74)60(72)56(52)68/h7-32,65-74H,1-6H3. The molecule has 11 rings (SSSR count). The average Bonchev–Trinajstić information content (AvgIpc) is 3.42. The maximum atomic E-state index is 11.2. The van der Waals surface area contributed by atoms with E-state index in [0.717, 1.165) is 65.3 Å². The Morgan fingerprint density at radius 1 is 0.263 bits per heavy atom. The summed E-state index contributed by atoms with van der Waals surface area (Å²) in [6.45, 7) is 13.4. The zero-order valence-electron chi connectivity index (χ0n) is 42.4. The lowest BCUT2D eigenvalue weighted by Gasteiger charge is -2.28. The maximum absolute atomic E-state index is 11.2. The molecule has 0 aliphatic rings. The molecule has 0 heterocycles. The number of phenols is 10. The number of phenolic OH excluding ortho intramolecular Hbond substituents is 10. The second-order valence-corrected chi connectivity index (χ2v) is 31.5. The topological polar surface area (TPSA) is 209 Å². The molecule has 0 radical (unpaired) electrons. The van der Waals surface area contributed by atoms with Gasteiger partial charge in [-0.15, -0.1) is 0 Å². The number of hydrogen-bond donors (Lipinski definition) is 10. The monoisotopic (exact) mass is 1040 g/mol. The second-order valence-electron chi connectivity index (χ2n) is 21.3. The largest absolute Gasteiger partial charge is 0.503 e. The molecule has 0 aliphatic heterocycles. The number of nitrogens with zero attached hydrogens (tertiary/aromatic N) is 2. The Morgan fingerprint density at radius 3 is 0.803 bits per heavy atom. The normalized spacial score (nSPS) is 12.1. The fourth-order valence-corrected chi connectivity index (χ4v) is 12.9. The third kappa shape index (κ3) is 7.71. The van der Waals surface area contributed by atoms with Gasteiger partial charge in [-0.2, -0.15) is 0 Å². The molecule has 380 valence electrons. The highest BCUT2D eigenvalue weighted by Crippen LogP contribution is 2.60. The maximum Gasteiger partial charge on any atom is 0.208 e. The number of rotatable bonds is 10. The predicted molar refractivity (Wildman–Crippen MR) is 310 cm³/mol. The van der Waals surface area contributed by atoms with E-state index in [4.69, 9.17) is 0 Å². The molecule has 0 unspecified atom stereocenters. The minimum absolute atomic E-state index is 0.307. The number of fused-ring (bicyclic) bond motifs is 2. The molecular weight excluding hydrogens is 989 g/mol. The van der Waals surface area contributed by atoms with E-state index in [2.05, 4.69) is 99.9 Å². The van der Waals surface area contributed by atoms with Crippen LogP contribution in [0.15, 0.2) is 158 Å². The lowest BCUT2D eigenvalue weighted by molar-refractivity contribution is 0.329. The summed E-state index contributed by atoms with van der Waals surface area (Å²) < 4.78 is 0. The highest BCUT2D eigenvalue weighted by Gasteiger charge is 2.32. The van der Waals surface area contributed by atoms with Gasteiger partial charge in [-0.05, 0) is 114 Å². The SMILES string of the molecule is C[Si](C)(C)c1ccc(N(c2ccc(-c3ccc4c5cccc6c(-c7ccc(N(c8ccc([Si](C)(C)C)cc8)c8c(O)c(O)c(O)c(O)c8O)cc7)ccc(c7cccc3c74)c65)cc2)c2c(O)c(O)c(O)c(O)c2O)cc1. The first-order chi connectivity index (χ1) is 36.1. The molecule has 0 aromatic heterocycles. The van der Waals surface area contributed by atoms with Crippen molar-refractivity contribution in [2.75, 3.05) is 9.80 Å². The van der Waals surface area contributed by atoms with E-state index in [-0.39, 0.29) is 11.4 Å². The van der Waals surface area contributed by atoms with E-state index in [1.54, 1.807) is 0 Å². The lowest BCUT2D eigenvalue weighted by atomic mass is 9.85. The summed E-state index contributed by atoms with van der Waals surface area (Å²) in [5.41, 5.74) is 5.15. The van der Waals surface area contributed by atoms with Gasteiger partial charge < -0.3 is 60.9 Å².